The molecular formula is C108H139FN2. The monoisotopic (exact) mass is 1490 g/mol. The van der Waals surface area contributed by atoms with Crippen molar-refractivity contribution in [2.75, 3.05) is 19.1 Å². The van der Waals surface area contributed by atoms with Gasteiger partial charge in [0.15, 0.2) is 0 Å². The number of halogens is 1. The molecule has 0 unspecified atom stereocenters. The Morgan fingerprint density at radius 1 is 0.270 bits per heavy atom. The van der Waals surface area contributed by atoms with E-state index in [1.807, 2.05) is 117 Å². The number of aryl methyl sites for hydroxylation is 17. The van der Waals surface area contributed by atoms with Crippen LogP contribution >= 0.6 is 0 Å². The Hall–Kier alpha value is -10.9. The number of anilines is 2. The van der Waals surface area contributed by atoms with Gasteiger partial charge in [-0.1, -0.05) is 411 Å². The van der Waals surface area contributed by atoms with Crippen LogP contribution in [0.4, 0.5) is 15.8 Å². The van der Waals surface area contributed by atoms with Gasteiger partial charge in [0, 0.05) is 25.3 Å². The molecule has 111 heavy (non-hydrogen) atoms. The Bertz CT molecular complexity index is 4260. The molecule has 0 aromatic heterocycles. The summed E-state index contributed by atoms with van der Waals surface area (Å²) in [5.41, 5.74) is 30.3. The maximum atomic E-state index is 9.50. The van der Waals surface area contributed by atoms with Gasteiger partial charge in [0.05, 0.1) is 20.1 Å². The summed E-state index contributed by atoms with van der Waals surface area (Å²) in [4.78, 5) is 2.17. The van der Waals surface area contributed by atoms with Crippen molar-refractivity contribution in [2.24, 2.45) is 0 Å². The molecular weight excluding hydrogens is 1340 g/mol. The van der Waals surface area contributed by atoms with Crippen LogP contribution in [-0.2, 0) is 5.41 Å². The lowest BCUT2D eigenvalue weighted by Crippen LogP contribution is -2.10. The highest BCUT2D eigenvalue weighted by Crippen LogP contribution is 2.23. The van der Waals surface area contributed by atoms with Crippen molar-refractivity contribution in [2.45, 2.75) is 185 Å². The predicted octanol–water partition coefficient (Wildman–Crippen LogP) is 31.6. The molecule has 0 radical (unpaired) electrons. The molecule has 0 bridgehead atoms. The van der Waals surface area contributed by atoms with E-state index < -0.39 is 0 Å². The van der Waals surface area contributed by atoms with E-state index in [-0.39, 0.29) is 35.6 Å². The fraction of sp³-hybridized carbons (Fsp3) is 0.269. The third-order valence-corrected chi connectivity index (χ3v) is 16.5. The zero-order valence-corrected chi connectivity index (χ0v) is 73.1. The van der Waals surface area contributed by atoms with E-state index in [9.17, 15) is 4.39 Å². The molecule has 588 valence electrons. The second-order valence-electron chi connectivity index (χ2n) is 27.9. The van der Waals surface area contributed by atoms with Gasteiger partial charge in [0.1, 0.15) is 0 Å². The molecule has 0 N–H and O–H groups in total. The SMILES string of the molecule is CC.CC#N.CF.CN(c1ccccc1)c1ccccc1.Cc1cc(C)c(C)c(C)c1.Cc1cc(C)cc(C)c1.Cc1ccc(C(C)(C)C)cc1.Cc1ccc(C)c(C)c1.Cc1cccc(C)c1C.Cc1ccccc1.Cc1ccccc1.Cc1ccccc1.Cc1ccccc1.Cc1ccccc1.[2H]c1c([2H])c([2H])c(C)c([2H])c1[2H]. The van der Waals surface area contributed by atoms with Crippen molar-refractivity contribution in [3.63, 3.8) is 0 Å². The molecule has 0 aliphatic carbocycles. The molecule has 13 rings (SSSR count). The number of hydrogen-bond acceptors (Lipinski definition) is 2. The number of para-hydroxylation sites is 2. The zero-order chi connectivity index (χ0) is 88.3. The van der Waals surface area contributed by atoms with Crippen LogP contribution in [0.15, 0.2) is 334 Å². The lowest BCUT2D eigenvalue weighted by molar-refractivity contribution is 0.590. The quantitative estimate of drug-likeness (QED) is 0.172. The smallest absolute Gasteiger partial charge is 0.0785 e. The Morgan fingerprint density at radius 3 is 0.757 bits per heavy atom. The van der Waals surface area contributed by atoms with Crippen LogP contribution in [0.25, 0.3) is 0 Å². The molecule has 0 aliphatic heterocycles. The third kappa shape index (κ3) is 53.5. The molecule has 13 aromatic carbocycles. The topological polar surface area (TPSA) is 27.0 Å². The fourth-order valence-corrected chi connectivity index (χ4v) is 9.73. The maximum Gasteiger partial charge on any atom is 0.0785 e. The second-order valence-corrected chi connectivity index (χ2v) is 27.9. The van der Waals surface area contributed by atoms with E-state index in [1.165, 1.54) is 136 Å². The minimum Gasteiger partial charge on any atom is -0.345 e. The van der Waals surface area contributed by atoms with Crippen LogP contribution in [0.2, 0.25) is 0 Å². The molecule has 2 nitrogen and oxygen atoms in total. The van der Waals surface area contributed by atoms with Gasteiger partial charge in [-0.25, -0.2) is 0 Å². The molecule has 13 aromatic rings. The first-order valence-electron chi connectivity index (χ1n) is 40.8. The van der Waals surface area contributed by atoms with E-state index >= 15 is 0 Å². The second kappa shape index (κ2) is 62.9. The highest BCUT2D eigenvalue weighted by atomic mass is 19.1. The molecule has 0 atom stereocenters. The minimum atomic E-state index is -0.337. The number of nitriles is 1. The highest BCUT2D eigenvalue weighted by Gasteiger charge is 2.12. The fourth-order valence-electron chi connectivity index (χ4n) is 9.73. The van der Waals surface area contributed by atoms with Crippen LogP contribution < -0.4 is 4.90 Å². The number of rotatable bonds is 2. The Balaban J connectivity index is 0. The van der Waals surface area contributed by atoms with Crippen molar-refractivity contribution in [3.8, 4) is 6.07 Å². The standard InChI is InChI=1S/C13H13N.C11H16.C10H14.3C9H12.6C7H8.C2H3N.C2H6.CH3F/c1-14(12-8-4-2-5-9-12)13-10-6-3-7-11-13;1-9-5-7-10(8-6-9)11(2,3)4;1-7-5-8(2)10(4)9(3)6-7;1-7-4-8(2)6-9(3)5-7;1-7-4-5-8(2)9(3)6-7;1-7-5-4-6-8(2)9(7)3;6*1-7-5-3-2-4-6-7;1-2-3;2*1-2/h2-11H,1H3;5-8H,1-4H3;5-6H,1-4H3;3*4-6H,1-3H3;6*2-6H,1H3;1H3;1-2H3;1H3/i;;;;;;2D,3D,4D,5D,6D;;;;;;;;. The summed E-state index contributed by atoms with van der Waals surface area (Å²) in [6.07, 6.45) is 0. The predicted molar refractivity (Wildman–Crippen MR) is 495 cm³/mol. The van der Waals surface area contributed by atoms with E-state index in [1.54, 1.807) is 6.07 Å². The van der Waals surface area contributed by atoms with Crippen molar-refractivity contribution >= 4 is 11.4 Å². The van der Waals surface area contributed by atoms with Crippen LogP contribution in [0.5, 0.6) is 0 Å². The summed E-state index contributed by atoms with van der Waals surface area (Å²) in [7, 11) is 2.57. The first-order valence-corrected chi connectivity index (χ1v) is 38.3. The number of benzene rings is 13. The minimum absolute atomic E-state index is 0.124. The van der Waals surface area contributed by atoms with E-state index in [0.29, 0.717) is 12.7 Å². The van der Waals surface area contributed by atoms with Gasteiger partial charge in [-0.05, 0) is 218 Å². The Labute approximate surface area is 684 Å². The van der Waals surface area contributed by atoms with Crippen LogP contribution in [0.1, 0.15) is 165 Å². The Morgan fingerprint density at radius 2 is 0.514 bits per heavy atom. The van der Waals surface area contributed by atoms with Crippen LogP contribution in [0.3, 0.4) is 0 Å². The summed E-state index contributed by atoms with van der Waals surface area (Å²) in [5, 5.41) is 7.32. The third-order valence-electron chi connectivity index (χ3n) is 16.5. The summed E-state index contributed by atoms with van der Waals surface area (Å²) in [6, 6.07) is 105. The van der Waals surface area contributed by atoms with Crippen molar-refractivity contribution < 1.29 is 11.2 Å². The van der Waals surface area contributed by atoms with Gasteiger partial charge in [-0.15, -0.1) is 0 Å². The van der Waals surface area contributed by atoms with Gasteiger partial charge in [0.25, 0.3) is 0 Å². The largest absolute Gasteiger partial charge is 0.345 e. The lowest BCUT2D eigenvalue weighted by atomic mass is 9.87. The first-order chi connectivity index (χ1) is 54.9. The first kappa shape index (κ1) is 92.5. The summed E-state index contributed by atoms with van der Waals surface area (Å²) < 4.78 is 45.8. The normalized spacial score (nSPS) is 9.75. The Kier molecular flexibility index (Phi) is 52.4. The lowest BCUT2D eigenvalue weighted by Gasteiger charge is -2.18. The summed E-state index contributed by atoms with van der Waals surface area (Å²) in [5.74, 6) is 0. The highest BCUT2D eigenvalue weighted by molar-refractivity contribution is 5.62. The van der Waals surface area contributed by atoms with Crippen molar-refractivity contribution in [3.05, 3.63) is 450 Å². The van der Waals surface area contributed by atoms with Gasteiger partial charge >= 0.3 is 0 Å². The van der Waals surface area contributed by atoms with E-state index in [2.05, 4.69) is 364 Å². The zero-order valence-electron chi connectivity index (χ0n) is 78.1. The van der Waals surface area contributed by atoms with Gasteiger partial charge < -0.3 is 4.90 Å². The number of hydrogen-bond donors (Lipinski definition) is 0. The molecule has 0 spiro atoms. The molecule has 0 saturated heterocycles. The number of nitrogens with zero attached hydrogens (tertiary/aromatic N) is 2. The number of alkyl halides is 1. The molecule has 0 amide bonds. The van der Waals surface area contributed by atoms with Crippen molar-refractivity contribution in [1.29, 1.82) is 5.26 Å². The van der Waals surface area contributed by atoms with E-state index in [0.717, 1.165) is 0 Å². The van der Waals surface area contributed by atoms with Gasteiger partial charge in [-0.2, -0.15) is 5.26 Å². The summed E-state index contributed by atoms with van der Waals surface area (Å²) in [6.45, 7) is 54.0. The van der Waals surface area contributed by atoms with Crippen LogP contribution in [-0.4, -0.2) is 14.2 Å². The van der Waals surface area contributed by atoms with Gasteiger partial charge in [-0.3, -0.25) is 4.39 Å². The van der Waals surface area contributed by atoms with Crippen LogP contribution in [0, 0.1) is 150 Å². The van der Waals surface area contributed by atoms with Crippen molar-refractivity contribution in [1.82, 2.24) is 0 Å². The average molecular weight is 1490 g/mol. The average Bonchev–Trinajstić information content (AvgIpc) is 0.805. The van der Waals surface area contributed by atoms with Gasteiger partial charge in [0.2, 0.25) is 0 Å². The maximum absolute atomic E-state index is 9.50. The molecule has 0 aliphatic rings. The summed E-state index contributed by atoms with van der Waals surface area (Å²) >= 11 is 0. The van der Waals surface area contributed by atoms with E-state index in [4.69, 9.17) is 12.1 Å². The molecule has 0 fully saturated rings. The molecule has 0 saturated carbocycles. The molecule has 0 heterocycles. The molecule has 3 heteroatoms.